The van der Waals surface area contributed by atoms with E-state index < -0.39 is 0 Å². The zero-order valence-electron chi connectivity index (χ0n) is 8.45. The summed E-state index contributed by atoms with van der Waals surface area (Å²) >= 11 is 0. The first-order valence-corrected chi connectivity index (χ1v) is 5.19. The van der Waals surface area contributed by atoms with Gasteiger partial charge >= 0.3 is 0 Å². The first-order chi connectivity index (χ1) is 6.29. The van der Waals surface area contributed by atoms with E-state index in [1.165, 1.54) is 18.4 Å². The summed E-state index contributed by atoms with van der Waals surface area (Å²) in [6.07, 6.45) is 4.85. The maximum atomic E-state index is 5.57. The summed E-state index contributed by atoms with van der Waals surface area (Å²) in [6.45, 7) is 6.03. The highest BCUT2D eigenvalue weighted by Gasteiger charge is 2.33. The fraction of sp³-hybridized carbons (Fsp3) is 0.818. The average molecular weight is 182 g/mol. The van der Waals surface area contributed by atoms with E-state index in [2.05, 4.69) is 19.9 Å². The van der Waals surface area contributed by atoms with Crippen molar-refractivity contribution in [1.29, 1.82) is 0 Å². The number of allylic oxidation sites excluding steroid dienone is 1. The second kappa shape index (κ2) is 3.81. The topological polar surface area (TPSA) is 18.5 Å². The molecule has 1 fully saturated rings. The summed E-state index contributed by atoms with van der Waals surface area (Å²) in [5.74, 6) is 1.20. The van der Waals surface area contributed by atoms with Crippen molar-refractivity contribution in [1.82, 2.24) is 0 Å². The fourth-order valence-corrected chi connectivity index (χ4v) is 2.41. The zero-order valence-corrected chi connectivity index (χ0v) is 8.45. The largest absolute Gasteiger partial charge is 0.350 e. The van der Waals surface area contributed by atoms with Crippen molar-refractivity contribution in [3.63, 3.8) is 0 Å². The van der Waals surface area contributed by atoms with Crippen LogP contribution in [-0.2, 0) is 9.47 Å². The van der Waals surface area contributed by atoms with Crippen LogP contribution in [0.25, 0.3) is 0 Å². The Bertz CT molecular complexity index is 204. The predicted octanol–water partition coefficient (Wildman–Crippen LogP) is 2.35. The molecule has 1 heterocycles. The van der Waals surface area contributed by atoms with Crippen LogP contribution in [0.3, 0.4) is 0 Å². The van der Waals surface area contributed by atoms with Crippen LogP contribution in [0.2, 0.25) is 0 Å². The minimum atomic E-state index is 0.0338. The molecular formula is C11H18O2. The lowest BCUT2D eigenvalue weighted by Gasteiger charge is -2.31. The highest BCUT2D eigenvalue weighted by Crippen LogP contribution is 2.35. The number of rotatable bonds is 1. The van der Waals surface area contributed by atoms with E-state index in [0.717, 1.165) is 13.2 Å². The van der Waals surface area contributed by atoms with Crippen LogP contribution in [0.1, 0.15) is 26.7 Å². The zero-order chi connectivity index (χ0) is 9.26. The normalized spacial score (nSPS) is 36.3. The van der Waals surface area contributed by atoms with Crippen molar-refractivity contribution >= 4 is 0 Å². The van der Waals surface area contributed by atoms with Crippen molar-refractivity contribution in [2.75, 3.05) is 13.2 Å². The second-order valence-corrected chi connectivity index (χ2v) is 4.14. The van der Waals surface area contributed by atoms with E-state index in [0.29, 0.717) is 11.8 Å². The quantitative estimate of drug-likeness (QED) is 0.579. The van der Waals surface area contributed by atoms with Crippen molar-refractivity contribution in [3.05, 3.63) is 11.6 Å². The first kappa shape index (κ1) is 9.22. The van der Waals surface area contributed by atoms with Crippen molar-refractivity contribution in [2.45, 2.75) is 33.0 Å². The van der Waals surface area contributed by atoms with Crippen LogP contribution in [-0.4, -0.2) is 19.5 Å². The lowest BCUT2D eigenvalue weighted by Crippen LogP contribution is -2.30. The van der Waals surface area contributed by atoms with Gasteiger partial charge in [-0.3, -0.25) is 0 Å². The molecule has 0 bridgehead atoms. The summed E-state index contributed by atoms with van der Waals surface area (Å²) in [7, 11) is 0. The minimum absolute atomic E-state index is 0.0338. The Morgan fingerprint density at radius 1 is 1.31 bits per heavy atom. The molecule has 2 heteroatoms. The van der Waals surface area contributed by atoms with Gasteiger partial charge in [-0.1, -0.05) is 18.6 Å². The van der Waals surface area contributed by atoms with Gasteiger partial charge < -0.3 is 9.47 Å². The summed E-state index contributed by atoms with van der Waals surface area (Å²) in [5, 5.41) is 0. The molecule has 0 radical (unpaired) electrons. The molecule has 0 saturated carbocycles. The van der Waals surface area contributed by atoms with Gasteiger partial charge in [-0.25, -0.2) is 0 Å². The predicted molar refractivity (Wildman–Crippen MR) is 51.3 cm³/mol. The van der Waals surface area contributed by atoms with Crippen molar-refractivity contribution < 1.29 is 9.47 Å². The van der Waals surface area contributed by atoms with E-state index in [-0.39, 0.29) is 6.29 Å². The number of hydrogen-bond donors (Lipinski definition) is 0. The first-order valence-electron chi connectivity index (χ1n) is 5.19. The van der Waals surface area contributed by atoms with Gasteiger partial charge in [-0.15, -0.1) is 0 Å². The van der Waals surface area contributed by atoms with E-state index in [1.807, 2.05) is 0 Å². The summed E-state index contributed by atoms with van der Waals surface area (Å²) in [6, 6.07) is 0. The molecule has 0 aromatic carbocycles. The van der Waals surface area contributed by atoms with E-state index in [1.54, 1.807) is 0 Å². The summed E-state index contributed by atoms with van der Waals surface area (Å²) < 4.78 is 11.1. The highest BCUT2D eigenvalue weighted by molar-refractivity contribution is 5.10. The molecule has 0 aromatic rings. The standard InChI is InChI=1S/C11H18O2/c1-8-4-3-5-9(2)10(8)11-12-6-7-13-11/h4,9-11H,3,5-7H2,1-2H3. The van der Waals surface area contributed by atoms with Gasteiger partial charge in [-0.2, -0.15) is 0 Å². The Morgan fingerprint density at radius 3 is 2.62 bits per heavy atom. The molecule has 2 aliphatic rings. The molecule has 2 nitrogen and oxygen atoms in total. The maximum absolute atomic E-state index is 5.57. The van der Waals surface area contributed by atoms with Crippen molar-refractivity contribution in [3.8, 4) is 0 Å². The van der Waals surface area contributed by atoms with Gasteiger partial charge in [0.2, 0.25) is 0 Å². The monoisotopic (exact) mass is 182 g/mol. The molecule has 0 amide bonds. The SMILES string of the molecule is CC1=CCCC(C)C1C1OCCO1. The van der Waals surface area contributed by atoms with Gasteiger partial charge in [0.25, 0.3) is 0 Å². The second-order valence-electron chi connectivity index (χ2n) is 4.14. The molecule has 2 rings (SSSR count). The molecule has 74 valence electrons. The fourth-order valence-electron chi connectivity index (χ4n) is 2.41. The van der Waals surface area contributed by atoms with Gasteiger partial charge in [-0.05, 0) is 25.7 Å². The highest BCUT2D eigenvalue weighted by atomic mass is 16.7. The molecule has 2 atom stereocenters. The van der Waals surface area contributed by atoms with Crippen molar-refractivity contribution in [2.24, 2.45) is 11.8 Å². The summed E-state index contributed by atoms with van der Waals surface area (Å²) in [5.41, 5.74) is 1.45. The van der Waals surface area contributed by atoms with Crippen LogP contribution in [0, 0.1) is 11.8 Å². The molecule has 13 heavy (non-hydrogen) atoms. The van der Waals surface area contributed by atoms with Crippen LogP contribution < -0.4 is 0 Å². The molecule has 1 aliphatic heterocycles. The maximum Gasteiger partial charge on any atom is 0.164 e. The Morgan fingerprint density at radius 2 is 2.00 bits per heavy atom. The van der Waals surface area contributed by atoms with E-state index in [4.69, 9.17) is 9.47 Å². The average Bonchev–Trinajstić information content (AvgIpc) is 2.57. The van der Waals surface area contributed by atoms with Gasteiger partial charge in [0.15, 0.2) is 6.29 Å². The summed E-state index contributed by atoms with van der Waals surface area (Å²) in [4.78, 5) is 0. The molecular weight excluding hydrogens is 164 g/mol. The lowest BCUT2D eigenvalue weighted by molar-refractivity contribution is -0.0882. The third-order valence-electron chi connectivity index (χ3n) is 3.17. The van der Waals surface area contributed by atoms with Gasteiger partial charge in [0, 0.05) is 5.92 Å². The lowest BCUT2D eigenvalue weighted by atomic mass is 9.79. The van der Waals surface area contributed by atoms with E-state index >= 15 is 0 Å². The van der Waals surface area contributed by atoms with Gasteiger partial charge in [0.1, 0.15) is 0 Å². The van der Waals surface area contributed by atoms with Gasteiger partial charge in [0.05, 0.1) is 13.2 Å². The Hall–Kier alpha value is -0.340. The third-order valence-corrected chi connectivity index (χ3v) is 3.17. The Kier molecular flexibility index (Phi) is 2.70. The minimum Gasteiger partial charge on any atom is -0.350 e. The molecule has 1 aliphatic carbocycles. The third kappa shape index (κ3) is 1.79. The number of hydrogen-bond acceptors (Lipinski definition) is 2. The Labute approximate surface area is 79.9 Å². The smallest absolute Gasteiger partial charge is 0.164 e. The molecule has 0 aromatic heterocycles. The molecule has 0 N–H and O–H groups in total. The molecule has 1 saturated heterocycles. The van der Waals surface area contributed by atoms with Crippen LogP contribution in [0.5, 0.6) is 0 Å². The van der Waals surface area contributed by atoms with Crippen LogP contribution in [0.15, 0.2) is 11.6 Å². The number of ether oxygens (including phenoxy) is 2. The van der Waals surface area contributed by atoms with E-state index in [9.17, 15) is 0 Å². The van der Waals surface area contributed by atoms with Crippen LogP contribution in [0.4, 0.5) is 0 Å². The molecule has 2 unspecified atom stereocenters. The molecule has 0 spiro atoms. The Balaban J connectivity index is 2.09. The van der Waals surface area contributed by atoms with Crippen LogP contribution >= 0.6 is 0 Å².